The molecule has 8 atom stereocenters. The van der Waals surface area contributed by atoms with Gasteiger partial charge in [0.1, 0.15) is 49.3 Å². The Kier molecular flexibility index (Phi) is 7.89. The molecule has 0 unspecified atom stereocenters. The molecule has 23 heavy (non-hydrogen) atoms. The largest absolute Gasteiger partial charge is 0.394 e. The molecule has 0 aromatic heterocycles. The minimum absolute atomic E-state index is 0.667. The molecule has 1 aliphatic heterocycles. The number of rotatable bonds is 8. The summed E-state index contributed by atoms with van der Waals surface area (Å²) in [5, 5.41) is 74.8. The van der Waals surface area contributed by atoms with Gasteiger partial charge in [-0.2, -0.15) is 0 Å². The van der Waals surface area contributed by atoms with E-state index in [4.69, 9.17) is 19.7 Å². The number of Topliss-reactive ketones (excluding diaryl/α,β-unsaturated/α-hetero) is 1. The molecule has 1 fully saturated rings. The second-order valence-corrected chi connectivity index (χ2v) is 5.16. The molecule has 1 saturated heterocycles. The molecule has 1 aliphatic rings. The summed E-state index contributed by atoms with van der Waals surface area (Å²) in [6.07, 6.45) is -13.4. The van der Waals surface area contributed by atoms with Crippen molar-refractivity contribution in [2.75, 3.05) is 19.8 Å². The third kappa shape index (κ3) is 4.87. The van der Waals surface area contributed by atoms with E-state index < -0.39 is 74.6 Å². The van der Waals surface area contributed by atoms with Crippen LogP contribution in [0, 0.1) is 0 Å². The lowest BCUT2D eigenvalue weighted by molar-refractivity contribution is -0.306. The lowest BCUT2D eigenvalue weighted by atomic mass is 9.99. The molecule has 0 aromatic rings. The van der Waals surface area contributed by atoms with Gasteiger partial charge in [0, 0.05) is 0 Å². The molecule has 11 heteroatoms. The van der Waals surface area contributed by atoms with Gasteiger partial charge >= 0.3 is 0 Å². The zero-order valence-corrected chi connectivity index (χ0v) is 12.0. The quantitative estimate of drug-likeness (QED) is 0.209. The zero-order chi connectivity index (χ0) is 17.7. The van der Waals surface area contributed by atoms with Crippen LogP contribution in [0.25, 0.3) is 0 Å². The van der Waals surface area contributed by atoms with Gasteiger partial charge in [0.15, 0.2) is 12.1 Å². The van der Waals surface area contributed by atoms with Gasteiger partial charge in [-0.3, -0.25) is 4.79 Å². The van der Waals surface area contributed by atoms with Gasteiger partial charge < -0.3 is 50.3 Å². The molecule has 1 rings (SSSR count). The fourth-order valence-corrected chi connectivity index (χ4v) is 1.99. The van der Waals surface area contributed by atoms with Crippen LogP contribution in [-0.4, -0.2) is 115 Å². The monoisotopic (exact) mass is 342 g/mol. The maximum atomic E-state index is 11.0. The van der Waals surface area contributed by atoms with Crippen molar-refractivity contribution in [2.24, 2.45) is 0 Å². The molecule has 11 nitrogen and oxygen atoms in total. The summed E-state index contributed by atoms with van der Waals surface area (Å²) in [6.45, 7) is -2.40. The number of aliphatic hydroxyl groups is 8. The van der Waals surface area contributed by atoms with Crippen molar-refractivity contribution in [3.63, 3.8) is 0 Å². The average molecular weight is 342 g/mol. The van der Waals surface area contributed by atoms with E-state index in [1.54, 1.807) is 0 Å². The van der Waals surface area contributed by atoms with E-state index in [1.807, 2.05) is 0 Å². The van der Waals surface area contributed by atoms with E-state index in [2.05, 4.69) is 0 Å². The van der Waals surface area contributed by atoms with Gasteiger partial charge in [-0.15, -0.1) is 0 Å². The Morgan fingerprint density at radius 2 is 1.65 bits per heavy atom. The van der Waals surface area contributed by atoms with Crippen molar-refractivity contribution < 1.29 is 55.1 Å². The van der Waals surface area contributed by atoms with Crippen molar-refractivity contribution in [1.82, 2.24) is 0 Å². The second-order valence-electron chi connectivity index (χ2n) is 5.16. The first-order chi connectivity index (χ1) is 10.7. The summed E-state index contributed by atoms with van der Waals surface area (Å²) < 4.78 is 9.94. The molecule has 0 aliphatic carbocycles. The van der Waals surface area contributed by atoms with Gasteiger partial charge in [0.25, 0.3) is 0 Å². The fraction of sp³-hybridized carbons (Fsp3) is 0.917. The number of carbonyl (C=O) groups excluding carboxylic acids is 1. The Morgan fingerprint density at radius 3 is 2.17 bits per heavy atom. The molecule has 8 N–H and O–H groups in total. The van der Waals surface area contributed by atoms with Crippen molar-refractivity contribution in [2.45, 2.75) is 49.0 Å². The summed E-state index contributed by atoms with van der Waals surface area (Å²) in [7, 11) is 0. The number of hydrogen-bond donors (Lipinski definition) is 8. The standard InChI is InChI=1S/C12H22O11/c13-1-4(15)7(17)8(18)5(16)3-22-12-11(21)10(20)9(19)6(2-14)23-12/h5-14,16-21H,1-3H2/t5-,6-,7-,8-,9-,10+,11-,12-/m1/s1. The fourth-order valence-electron chi connectivity index (χ4n) is 1.99. The van der Waals surface area contributed by atoms with Crippen LogP contribution in [0.5, 0.6) is 0 Å². The van der Waals surface area contributed by atoms with E-state index >= 15 is 0 Å². The predicted molar refractivity (Wildman–Crippen MR) is 69.8 cm³/mol. The van der Waals surface area contributed by atoms with E-state index in [-0.39, 0.29) is 0 Å². The van der Waals surface area contributed by atoms with Crippen LogP contribution in [0.15, 0.2) is 0 Å². The van der Waals surface area contributed by atoms with E-state index in [0.717, 1.165) is 0 Å². The molecule has 0 radical (unpaired) electrons. The first-order valence-electron chi connectivity index (χ1n) is 6.84. The van der Waals surface area contributed by atoms with Gasteiger partial charge in [-0.05, 0) is 0 Å². The molecule has 0 aromatic carbocycles. The molecular formula is C12H22O11. The number of ether oxygens (including phenoxy) is 2. The minimum Gasteiger partial charge on any atom is -0.394 e. The summed E-state index contributed by atoms with van der Waals surface area (Å²) >= 11 is 0. The molecular weight excluding hydrogens is 320 g/mol. The van der Waals surface area contributed by atoms with Crippen LogP contribution in [0.2, 0.25) is 0 Å². The van der Waals surface area contributed by atoms with Crippen LogP contribution in [-0.2, 0) is 14.3 Å². The minimum atomic E-state index is -2.03. The van der Waals surface area contributed by atoms with Crippen LogP contribution in [0.3, 0.4) is 0 Å². The molecule has 0 saturated carbocycles. The highest BCUT2D eigenvalue weighted by Crippen LogP contribution is 2.22. The maximum absolute atomic E-state index is 11.0. The Hall–Kier alpha value is -0.730. The van der Waals surface area contributed by atoms with Gasteiger partial charge in [-0.25, -0.2) is 0 Å². The average Bonchev–Trinajstić information content (AvgIpc) is 2.56. The summed E-state index contributed by atoms with van der Waals surface area (Å²) in [5.74, 6) is -1.11. The molecule has 136 valence electrons. The maximum Gasteiger partial charge on any atom is 0.189 e. The lowest BCUT2D eigenvalue weighted by Gasteiger charge is -2.40. The van der Waals surface area contributed by atoms with Crippen LogP contribution in [0.1, 0.15) is 0 Å². The first kappa shape index (κ1) is 20.3. The van der Waals surface area contributed by atoms with Crippen LogP contribution < -0.4 is 0 Å². The smallest absolute Gasteiger partial charge is 0.189 e. The van der Waals surface area contributed by atoms with Crippen molar-refractivity contribution >= 4 is 5.78 Å². The SMILES string of the molecule is O=C(CO)[C@@H](O)[C@H](O)[C@H](O)CO[C@@H]1O[C@H](CO)[C@@H](O)[C@H](O)[C@H]1O. The second kappa shape index (κ2) is 8.94. The molecule has 0 bridgehead atoms. The highest BCUT2D eigenvalue weighted by molar-refractivity contribution is 5.84. The summed E-state index contributed by atoms with van der Waals surface area (Å²) in [5.41, 5.74) is 0. The third-order valence-corrected chi connectivity index (χ3v) is 3.48. The molecule has 0 amide bonds. The number of ketones is 1. The molecule has 1 heterocycles. The van der Waals surface area contributed by atoms with Gasteiger partial charge in [0.2, 0.25) is 0 Å². The Balaban J connectivity index is 2.57. The number of aliphatic hydroxyl groups excluding tert-OH is 8. The topological polar surface area (TPSA) is 197 Å². The molecule has 0 spiro atoms. The summed E-state index contributed by atoms with van der Waals surface area (Å²) in [4.78, 5) is 11.0. The highest BCUT2D eigenvalue weighted by Gasteiger charge is 2.44. The number of hydrogen-bond acceptors (Lipinski definition) is 11. The predicted octanol–water partition coefficient (Wildman–Crippen LogP) is -5.55. The number of carbonyl (C=O) groups is 1. The van der Waals surface area contributed by atoms with Crippen LogP contribution >= 0.6 is 0 Å². The van der Waals surface area contributed by atoms with Crippen molar-refractivity contribution in [1.29, 1.82) is 0 Å². The van der Waals surface area contributed by atoms with Crippen molar-refractivity contribution in [3.05, 3.63) is 0 Å². The van der Waals surface area contributed by atoms with E-state index in [1.165, 1.54) is 0 Å². The zero-order valence-electron chi connectivity index (χ0n) is 12.0. The highest BCUT2D eigenvalue weighted by atomic mass is 16.7. The third-order valence-electron chi connectivity index (χ3n) is 3.48. The van der Waals surface area contributed by atoms with E-state index in [0.29, 0.717) is 0 Å². The lowest BCUT2D eigenvalue weighted by Crippen LogP contribution is -2.59. The van der Waals surface area contributed by atoms with E-state index in [9.17, 15) is 35.4 Å². The Bertz CT molecular complexity index is 376. The van der Waals surface area contributed by atoms with Crippen molar-refractivity contribution in [3.8, 4) is 0 Å². The van der Waals surface area contributed by atoms with Gasteiger partial charge in [-0.1, -0.05) is 0 Å². The summed E-state index contributed by atoms with van der Waals surface area (Å²) in [6, 6.07) is 0. The first-order valence-corrected chi connectivity index (χ1v) is 6.84. The normalized spacial score (nSPS) is 35.6. The Labute approximate surface area is 130 Å². The van der Waals surface area contributed by atoms with Gasteiger partial charge in [0.05, 0.1) is 13.2 Å². The Morgan fingerprint density at radius 1 is 1.04 bits per heavy atom. The van der Waals surface area contributed by atoms with Crippen LogP contribution in [0.4, 0.5) is 0 Å².